The van der Waals surface area contributed by atoms with Crippen molar-refractivity contribution in [3.8, 4) is 0 Å². The van der Waals surface area contributed by atoms with E-state index in [1.54, 1.807) is 0 Å². The van der Waals surface area contributed by atoms with E-state index in [9.17, 15) is 0 Å². The molecule has 0 aromatic heterocycles. The molecular weight excluding hydrogens is 411 g/mol. The lowest BCUT2D eigenvalue weighted by atomic mass is 10.2. The van der Waals surface area contributed by atoms with E-state index in [2.05, 4.69) is 122 Å². The highest BCUT2D eigenvalue weighted by Gasteiger charge is 2.47. The summed E-state index contributed by atoms with van der Waals surface area (Å²) in [6.45, 7) is 2.18. The first-order chi connectivity index (χ1) is 12.8. The summed E-state index contributed by atoms with van der Waals surface area (Å²) in [6, 6.07) is 42.0. The second-order valence-electron chi connectivity index (χ2n) is 6.52. The van der Waals surface area contributed by atoms with Crippen LogP contribution in [0.3, 0.4) is 0 Å². The number of halogens is 1. The maximum atomic E-state index is 2.36. The quantitative estimate of drug-likeness (QED) is 0.430. The standard InChI is InChI=1S/C25H22P.BrH/c1-21-12-11-19-25(20-21)26(22-13-5-2-6-14-22,23-15-7-3-8-16-23)24-17-9-4-10-18-24;/h2-20H,1H3;1H/q+1;/p-1. The molecule has 27 heavy (non-hydrogen) atoms. The number of benzene rings is 4. The Morgan fingerprint density at radius 1 is 0.444 bits per heavy atom. The average molecular weight is 433 g/mol. The van der Waals surface area contributed by atoms with Crippen LogP contribution in [0.15, 0.2) is 115 Å². The van der Waals surface area contributed by atoms with Crippen molar-refractivity contribution in [3.05, 3.63) is 121 Å². The zero-order chi connectivity index (χ0) is 17.8. The summed E-state index contributed by atoms with van der Waals surface area (Å²) < 4.78 is 0. The van der Waals surface area contributed by atoms with Gasteiger partial charge in [-0.25, -0.2) is 0 Å². The number of hydrogen-bond donors (Lipinski definition) is 0. The minimum absolute atomic E-state index is 0. The monoisotopic (exact) mass is 432 g/mol. The predicted octanol–water partition coefficient (Wildman–Crippen LogP) is 1.62. The lowest BCUT2D eigenvalue weighted by molar-refractivity contribution is -0.00000503. The first-order valence-corrected chi connectivity index (χ1v) is 10.7. The second-order valence-corrected chi connectivity index (χ2v) is 9.92. The molecule has 0 saturated heterocycles. The molecule has 0 N–H and O–H groups in total. The molecule has 0 aliphatic heterocycles. The van der Waals surface area contributed by atoms with Gasteiger partial charge in [-0.15, -0.1) is 0 Å². The fourth-order valence-corrected chi connectivity index (χ4v) is 8.04. The largest absolute Gasteiger partial charge is 1.00 e. The van der Waals surface area contributed by atoms with Crippen molar-refractivity contribution >= 4 is 28.5 Å². The molecule has 0 fully saturated rings. The third kappa shape index (κ3) is 3.63. The van der Waals surface area contributed by atoms with Gasteiger partial charge in [0.25, 0.3) is 0 Å². The molecule has 0 amide bonds. The zero-order valence-corrected chi connectivity index (χ0v) is 17.8. The van der Waals surface area contributed by atoms with E-state index in [1.165, 1.54) is 26.8 Å². The van der Waals surface area contributed by atoms with Crippen LogP contribution in [0, 0.1) is 6.92 Å². The van der Waals surface area contributed by atoms with Gasteiger partial charge in [-0.05, 0) is 61.0 Å². The van der Waals surface area contributed by atoms with Crippen LogP contribution in [-0.2, 0) is 0 Å². The summed E-state index contributed by atoms with van der Waals surface area (Å²) in [7, 11) is -1.93. The third-order valence-corrected chi connectivity index (χ3v) is 9.09. The topological polar surface area (TPSA) is 0 Å². The van der Waals surface area contributed by atoms with E-state index >= 15 is 0 Å². The Morgan fingerprint density at radius 3 is 1.19 bits per heavy atom. The Hall–Kier alpha value is -2.21. The molecule has 4 aromatic carbocycles. The van der Waals surface area contributed by atoms with Crippen LogP contribution >= 0.6 is 7.26 Å². The van der Waals surface area contributed by atoms with Crippen molar-refractivity contribution < 1.29 is 17.0 Å². The van der Waals surface area contributed by atoms with Crippen LogP contribution in [0.2, 0.25) is 0 Å². The highest BCUT2D eigenvalue weighted by atomic mass is 79.9. The molecule has 0 spiro atoms. The lowest BCUT2D eigenvalue weighted by Crippen LogP contribution is -3.00. The van der Waals surface area contributed by atoms with Crippen molar-refractivity contribution in [1.82, 2.24) is 0 Å². The normalized spacial score (nSPS) is 10.9. The summed E-state index contributed by atoms with van der Waals surface area (Å²) in [5.74, 6) is 0. The maximum Gasteiger partial charge on any atom is 0.144 e. The Bertz CT molecular complexity index is 886. The van der Waals surface area contributed by atoms with Crippen LogP contribution in [0.25, 0.3) is 0 Å². The molecule has 0 radical (unpaired) electrons. The molecule has 0 saturated carbocycles. The maximum absolute atomic E-state index is 2.36. The molecule has 0 nitrogen and oxygen atoms in total. The number of rotatable bonds is 4. The molecule has 0 unspecified atom stereocenters. The van der Waals surface area contributed by atoms with Crippen molar-refractivity contribution in [3.63, 3.8) is 0 Å². The first-order valence-electron chi connectivity index (χ1n) is 8.95. The van der Waals surface area contributed by atoms with E-state index in [1.807, 2.05) is 0 Å². The molecule has 4 rings (SSSR count). The van der Waals surface area contributed by atoms with Gasteiger partial charge in [0, 0.05) is 0 Å². The Kier molecular flexibility index (Phi) is 6.26. The van der Waals surface area contributed by atoms with E-state index in [-0.39, 0.29) is 17.0 Å². The van der Waals surface area contributed by atoms with Crippen molar-refractivity contribution in [2.24, 2.45) is 0 Å². The van der Waals surface area contributed by atoms with Gasteiger partial charge in [0.05, 0.1) is 0 Å². The van der Waals surface area contributed by atoms with Gasteiger partial charge in [-0.1, -0.05) is 66.7 Å². The second kappa shape index (κ2) is 8.65. The molecular formula is C25H22BrP. The highest BCUT2D eigenvalue weighted by molar-refractivity contribution is 8.01. The van der Waals surface area contributed by atoms with Crippen molar-refractivity contribution in [2.45, 2.75) is 6.92 Å². The Labute approximate surface area is 173 Å². The summed E-state index contributed by atoms with van der Waals surface area (Å²) in [6.07, 6.45) is 0. The van der Waals surface area contributed by atoms with Crippen LogP contribution < -0.4 is 38.2 Å². The molecule has 0 aliphatic carbocycles. The molecule has 0 atom stereocenters. The summed E-state index contributed by atoms with van der Waals surface area (Å²) in [5, 5.41) is 5.58. The van der Waals surface area contributed by atoms with Gasteiger partial charge in [-0.2, -0.15) is 0 Å². The Morgan fingerprint density at radius 2 is 0.815 bits per heavy atom. The molecule has 0 heterocycles. The fourth-order valence-electron chi connectivity index (χ4n) is 3.69. The van der Waals surface area contributed by atoms with Crippen LogP contribution in [0.1, 0.15) is 5.56 Å². The fraction of sp³-hybridized carbons (Fsp3) is 0.0400. The smallest absolute Gasteiger partial charge is 0.144 e. The number of hydrogen-bond acceptors (Lipinski definition) is 0. The summed E-state index contributed by atoms with van der Waals surface area (Å²) >= 11 is 0. The van der Waals surface area contributed by atoms with Gasteiger partial charge in [0.1, 0.15) is 28.5 Å². The molecule has 4 aromatic rings. The molecule has 2 heteroatoms. The van der Waals surface area contributed by atoms with Crippen LogP contribution in [0.5, 0.6) is 0 Å². The number of aryl methyl sites for hydroxylation is 1. The predicted molar refractivity (Wildman–Crippen MR) is 116 cm³/mol. The zero-order valence-electron chi connectivity index (χ0n) is 15.3. The van der Waals surface area contributed by atoms with E-state index < -0.39 is 7.26 Å². The summed E-state index contributed by atoms with van der Waals surface area (Å²) in [5.41, 5.74) is 1.30. The highest BCUT2D eigenvalue weighted by Crippen LogP contribution is 2.54. The van der Waals surface area contributed by atoms with E-state index in [0.717, 1.165) is 0 Å². The lowest BCUT2D eigenvalue weighted by Gasteiger charge is -2.27. The molecule has 0 aliphatic rings. The minimum Gasteiger partial charge on any atom is -1.00 e. The van der Waals surface area contributed by atoms with Gasteiger partial charge < -0.3 is 17.0 Å². The van der Waals surface area contributed by atoms with Crippen molar-refractivity contribution in [1.29, 1.82) is 0 Å². The first kappa shape index (κ1) is 19.5. The van der Waals surface area contributed by atoms with E-state index in [0.29, 0.717) is 0 Å². The molecule has 0 bridgehead atoms. The van der Waals surface area contributed by atoms with Crippen molar-refractivity contribution in [2.75, 3.05) is 0 Å². The van der Waals surface area contributed by atoms with Crippen LogP contribution in [-0.4, -0.2) is 0 Å². The van der Waals surface area contributed by atoms with Gasteiger partial charge in [-0.3, -0.25) is 0 Å². The molecule has 134 valence electrons. The third-order valence-electron chi connectivity index (χ3n) is 4.82. The van der Waals surface area contributed by atoms with Gasteiger partial charge >= 0.3 is 0 Å². The Balaban J connectivity index is 0.00000210. The summed E-state index contributed by atoms with van der Waals surface area (Å²) in [4.78, 5) is 0. The van der Waals surface area contributed by atoms with Gasteiger partial charge in [0.15, 0.2) is 0 Å². The SMILES string of the molecule is Cc1cccc([P+](c2ccccc2)(c2ccccc2)c2ccccc2)c1.[Br-]. The average Bonchev–Trinajstić information content (AvgIpc) is 2.71. The van der Waals surface area contributed by atoms with Gasteiger partial charge in [0.2, 0.25) is 0 Å². The van der Waals surface area contributed by atoms with Crippen LogP contribution in [0.4, 0.5) is 0 Å². The van der Waals surface area contributed by atoms with E-state index in [4.69, 9.17) is 0 Å². The minimum atomic E-state index is -1.93.